The lowest BCUT2D eigenvalue weighted by molar-refractivity contribution is 0.0948. The lowest BCUT2D eigenvalue weighted by atomic mass is 10.0. The van der Waals surface area contributed by atoms with E-state index in [1.165, 1.54) is 0 Å². The zero-order valence-corrected chi connectivity index (χ0v) is 16.1. The maximum Gasteiger partial charge on any atom is 0.255 e. The molecule has 0 radical (unpaired) electrons. The summed E-state index contributed by atoms with van der Waals surface area (Å²) in [6, 6.07) is 13.8. The van der Waals surface area contributed by atoms with E-state index in [1.54, 1.807) is 12.4 Å². The monoisotopic (exact) mass is 362 g/mol. The molecule has 140 valence electrons. The number of nitrogens with one attached hydrogen (secondary N) is 1. The lowest BCUT2D eigenvalue weighted by Gasteiger charge is -2.13. The third-order valence-electron chi connectivity index (χ3n) is 4.43. The quantitative estimate of drug-likeness (QED) is 0.683. The number of nitrogens with zero attached hydrogens (tertiary/aromatic N) is 3. The van der Waals surface area contributed by atoms with Crippen molar-refractivity contribution < 1.29 is 4.79 Å². The summed E-state index contributed by atoms with van der Waals surface area (Å²) < 4.78 is 1.93. The minimum atomic E-state index is -0.0758. The Kier molecular flexibility index (Phi) is 6.01. The maximum absolute atomic E-state index is 13.1. The highest BCUT2D eigenvalue weighted by Crippen LogP contribution is 2.27. The first-order chi connectivity index (χ1) is 13.1. The molecule has 3 aromatic rings. The molecule has 5 heteroatoms. The molecule has 1 amide bonds. The van der Waals surface area contributed by atoms with Crippen LogP contribution in [0.1, 0.15) is 60.4 Å². The van der Waals surface area contributed by atoms with E-state index in [4.69, 9.17) is 5.10 Å². The number of hydrogen-bond donors (Lipinski definition) is 1. The molecular weight excluding hydrogens is 336 g/mol. The fraction of sp³-hybridized carbons (Fsp3) is 0.318. The van der Waals surface area contributed by atoms with Crippen molar-refractivity contribution in [3.63, 3.8) is 0 Å². The van der Waals surface area contributed by atoms with Gasteiger partial charge in [0.25, 0.3) is 5.91 Å². The van der Waals surface area contributed by atoms with Gasteiger partial charge in [0.1, 0.15) is 0 Å². The van der Waals surface area contributed by atoms with Gasteiger partial charge in [0.05, 0.1) is 22.6 Å². The Labute approximate surface area is 160 Å². The van der Waals surface area contributed by atoms with Gasteiger partial charge in [0.2, 0.25) is 0 Å². The zero-order chi connectivity index (χ0) is 19.2. The van der Waals surface area contributed by atoms with Gasteiger partial charge in [-0.05, 0) is 36.1 Å². The second-order valence-corrected chi connectivity index (χ2v) is 6.90. The second-order valence-electron chi connectivity index (χ2n) is 6.90. The van der Waals surface area contributed by atoms with Gasteiger partial charge in [0, 0.05) is 18.9 Å². The Hall–Kier alpha value is -2.95. The Morgan fingerprint density at radius 2 is 1.93 bits per heavy atom. The van der Waals surface area contributed by atoms with Crippen molar-refractivity contribution in [1.29, 1.82) is 0 Å². The molecular formula is C22H26N4O. The predicted molar refractivity (Wildman–Crippen MR) is 107 cm³/mol. The number of carbonyl (C=O) groups is 1. The van der Waals surface area contributed by atoms with Crippen molar-refractivity contribution in [3.05, 3.63) is 77.4 Å². The molecule has 27 heavy (non-hydrogen) atoms. The minimum absolute atomic E-state index is 0.0758. The topological polar surface area (TPSA) is 59.8 Å². The van der Waals surface area contributed by atoms with Gasteiger partial charge in [-0.1, -0.05) is 51.5 Å². The van der Waals surface area contributed by atoms with E-state index >= 15 is 0 Å². The smallest absolute Gasteiger partial charge is 0.255 e. The summed E-state index contributed by atoms with van der Waals surface area (Å²) >= 11 is 0. The summed E-state index contributed by atoms with van der Waals surface area (Å²) in [4.78, 5) is 17.2. The zero-order valence-electron chi connectivity index (χ0n) is 16.1. The molecule has 0 atom stereocenters. The van der Waals surface area contributed by atoms with Gasteiger partial charge >= 0.3 is 0 Å². The minimum Gasteiger partial charge on any atom is -0.348 e. The van der Waals surface area contributed by atoms with Crippen LogP contribution in [0, 0.1) is 0 Å². The molecule has 0 saturated carbocycles. The standard InChI is InChI=1S/C22H26N4O/c1-4-9-19-20(22(27)24-15-17-10-8-13-23-14-17)21(16(2)3)26(25-19)18-11-6-5-7-12-18/h5-8,10-14,16H,4,9,15H2,1-3H3,(H,24,27). The van der Waals surface area contributed by atoms with Crippen LogP contribution in [0.5, 0.6) is 0 Å². The van der Waals surface area contributed by atoms with Gasteiger partial charge < -0.3 is 5.32 Å². The summed E-state index contributed by atoms with van der Waals surface area (Å²) in [5.74, 6) is 0.0932. The average Bonchev–Trinajstić information content (AvgIpc) is 3.07. The van der Waals surface area contributed by atoms with E-state index in [1.807, 2.05) is 47.1 Å². The summed E-state index contributed by atoms with van der Waals surface area (Å²) in [5, 5.41) is 7.85. The van der Waals surface area contributed by atoms with Gasteiger partial charge in [-0.3, -0.25) is 9.78 Å². The van der Waals surface area contributed by atoms with Crippen molar-refractivity contribution in [1.82, 2.24) is 20.1 Å². The van der Waals surface area contributed by atoms with Crippen LogP contribution >= 0.6 is 0 Å². The van der Waals surface area contributed by atoms with E-state index < -0.39 is 0 Å². The van der Waals surface area contributed by atoms with Crippen molar-refractivity contribution in [2.75, 3.05) is 0 Å². The number of rotatable bonds is 7. The van der Waals surface area contributed by atoms with E-state index in [9.17, 15) is 4.79 Å². The Morgan fingerprint density at radius 1 is 1.15 bits per heavy atom. The molecule has 1 N–H and O–H groups in total. The second kappa shape index (κ2) is 8.62. The number of amides is 1. The number of benzene rings is 1. The van der Waals surface area contributed by atoms with Crippen molar-refractivity contribution >= 4 is 5.91 Å². The molecule has 0 aliphatic heterocycles. The number of hydrogen-bond acceptors (Lipinski definition) is 3. The molecule has 0 fully saturated rings. The molecule has 2 aromatic heterocycles. The fourth-order valence-electron chi connectivity index (χ4n) is 3.21. The molecule has 0 aliphatic rings. The number of carbonyl (C=O) groups excluding carboxylic acids is 1. The molecule has 0 unspecified atom stereocenters. The van der Waals surface area contributed by atoms with Crippen LogP contribution in [0.2, 0.25) is 0 Å². The summed E-state index contributed by atoms with van der Waals surface area (Å²) in [6.45, 7) is 6.76. The molecule has 2 heterocycles. The van der Waals surface area contributed by atoms with Crippen LogP contribution in [0.15, 0.2) is 54.9 Å². The summed E-state index contributed by atoms with van der Waals surface area (Å²) in [7, 11) is 0. The van der Waals surface area contributed by atoms with E-state index in [-0.39, 0.29) is 11.8 Å². The fourth-order valence-corrected chi connectivity index (χ4v) is 3.21. The van der Waals surface area contributed by atoms with Gasteiger partial charge in [0.15, 0.2) is 0 Å². The third-order valence-corrected chi connectivity index (χ3v) is 4.43. The maximum atomic E-state index is 13.1. The first-order valence-corrected chi connectivity index (χ1v) is 9.46. The highest BCUT2D eigenvalue weighted by molar-refractivity contribution is 5.96. The van der Waals surface area contributed by atoms with Crippen molar-refractivity contribution in [3.8, 4) is 5.69 Å². The van der Waals surface area contributed by atoms with Crippen molar-refractivity contribution in [2.24, 2.45) is 0 Å². The average molecular weight is 362 g/mol. The largest absolute Gasteiger partial charge is 0.348 e. The van der Waals surface area contributed by atoms with E-state index in [2.05, 4.69) is 31.1 Å². The highest BCUT2D eigenvalue weighted by atomic mass is 16.1. The first kappa shape index (κ1) is 18.8. The first-order valence-electron chi connectivity index (χ1n) is 9.46. The molecule has 3 rings (SSSR count). The van der Waals surface area contributed by atoms with Crippen LogP contribution in [-0.4, -0.2) is 20.7 Å². The SMILES string of the molecule is CCCc1nn(-c2ccccc2)c(C(C)C)c1C(=O)NCc1cccnc1. The van der Waals surface area contributed by atoms with E-state index in [0.717, 1.165) is 35.5 Å². The van der Waals surface area contributed by atoms with Crippen LogP contribution in [0.4, 0.5) is 0 Å². The molecule has 1 aromatic carbocycles. The van der Waals surface area contributed by atoms with Crippen LogP contribution in [0.3, 0.4) is 0 Å². The number of aromatic nitrogens is 3. The number of para-hydroxylation sites is 1. The van der Waals surface area contributed by atoms with Crippen LogP contribution < -0.4 is 5.32 Å². The Bertz CT molecular complexity index is 885. The molecule has 0 spiro atoms. The molecule has 5 nitrogen and oxygen atoms in total. The van der Waals surface area contributed by atoms with Crippen molar-refractivity contribution in [2.45, 2.75) is 46.1 Å². The molecule has 0 aliphatic carbocycles. The lowest BCUT2D eigenvalue weighted by Crippen LogP contribution is -2.25. The summed E-state index contributed by atoms with van der Waals surface area (Å²) in [5.41, 5.74) is 4.47. The van der Waals surface area contributed by atoms with Gasteiger partial charge in [-0.15, -0.1) is 0 Å². The van der Waals surface area contributed by atoms with Gasteiger partial charge in [-0.2, -0.15) is 5.10 Å². The molecule has 0 bridgehead atoms. The summed E-state index contributed by atoms with van der Waals surface area (Å²) in [6.07, 6.45) is 5.21. The van der Waals surface area contributed by atoms with Gasteiger partial charge in [-0.25, -0.2) is 4.68 Å². The third kappa shape index (κ3) is 4.25. The van der Waals surface area contributed by atoms with Crippen LogP contribution in [0.25, 0.3) is 5.69 Å². The number of pyridine rings is 1. The normalized spacial score (nSPS) is 11.0. The predicted octanol–water partition coefficient (Wildman–Crippen LogP) is 4.27. The Morgan fingerprint density at radius 3 is 2.56 bits per heavy atom. The number of aryl methyl sites for hydroxylation is 1. The highest BCUT2D eigenvalue weighted by Gasteiger charge is 2.25. The van der Waals surface area contributed by atoms with E-state index in [0.29, 0.717) is 12.1 Å². The molecule has 0 saturated heterocycles. The van der Waals surface area contributed by atoms with Crippen LogP contribution in [-0.2, 0) is 13.0 Å². The Balaban J connectivity index is 1.99.